The summed E-state index contributed by atoms with van der Waals surface area (Å²) >= 11 is 0. The molecule has 0 aliphatic rings. The number of H-pyrrole nitrogens is 1. The molecule has 3 nitrogen and oxygen atoms in total. The largest absolute Gasteiger partial charge is 0.358 e. The molecule has 0 saturated heterocycles. The van der Waals surface area contributed by atoms with Crippen LogP contribution < -0.4 is 5.32 Å². The third-order valence-corrected chi connectivity index (χ3v) is 4.29. The third-order valence-electron chi connectivity index (χ3n) is 4.29. The first-order valence-electron chi connectivity index (χ1n) is 7.83. The van der Waals surface area contributed by atoms with E-state index < -0.39 is 0 Å². The third kappa shape index (κ3) is 3.20. The molecular formula is C19H23N3. The summed E-state index contributed by atoms with van der Waals surface area (Å²) in [6.07, 6.45) is 4.76. The highest BCUT2D eigenvalue weighted by atomic mass is 14.9. The lowest BCUT2D eigenvalue weighted by molar-refractivity contribution is 0.545. The summed E-state index contributed by atoms with van der Waals surface area (Å²) in [6, 6.07) is 11.2. The molecule has 114 valence electrons. The lowest BCUT2D eigenvalue weighted by atomic mass is 10.1. The van der Waals surface area contributed by atoms with Crippen LogP contribution in [0.4, 0.5) is 0 Å². The maximum atomic E-state index is 4.17. The number of rotatable bonds is 5. The SMILES string of the molecule is Cc1[nH]c2ccc(CNC(C)Cc3cccnc3)cc2c1C. The molecule has 1 aromatic carbocycles. The highest BCUT2D eigenvalue weighted by Gasteiger charge is 2.07. The number of nitrogens with zero attached hydrogens (tertiary/aromatic N) is 1. The van der Waals surface area contributed by atoms with E-state index in [1.165, 1.54) is 33.3 Å². The van der Waals surface area contributed by atoms with Crippen molar-refractivity contribution in [3.05, 3.63) is 65.1 Å². The predicted octanol–water partition coefficient (Wildman–Crippen LogP) is 3.90. The van der Waals surface area contributed by atoms with Gasteiger partial charge >= 0.3 is 0 Å². The average Bonchev–Trinajstić information content (AvgIpc) is 2.81. The maximum Gasteiger partial charge on any atom is 0.0458 e. The molecule has 2 heterocycles. The van der Waals surface area contributed by atoms with Crippen LogP contribution in [0.1, 0.15) is 29.3 Å². The highest BCUT2D eigenvalue weighted by molar-refractivity contribution is 5.84. The summed E-state index contributed by atoms with van der Waals surface area (Å²) in [6.45, 7) is 7.41. The van der Waals surface area contributed by atoms with Gasteiger partial charge in [-0.2, -0.15) is 0 Å². The molecule has 22 heavy (non-hydrogen) atoms. The molecule has 0 spiro atoms. The van der Waals surface area contributed by atoms with Gasteiger partial charge < -0.3 is 10.3 Å². The topological polar surface area (TPSA) is 40.7 Å². The maximum absolute atomic E-state index is 4.17. The number of aryl methyl sites for hydroxylation is 2. The van der Waals surface area contributed by atoms with E-state index in [0.717, 1.165) is 13.0 Å². The molecular weight excluding hydrogens is 270 g/mol. The zero-order valence-corrected chi connectivity index (χ0v) is 13.5. The molecule has 2 aromatic heterocycles. The van der Waals surface area contributed by atoms with Gasteiger partial charge in [0, 0.05) is 41.6 Å². The monoisotopic (exact) mass is 293 g/mol. The van der Waals surface area contributed by atoms with E-state index in [1.807, 2.05) is 18.5 Å². The zero-order valence-electron chi connectivity index (χ0n) is 13.5. The number of hydrogen-bond donors (Lipinski definition) is 2. The smallest absolute Gasteiger partial charge is 0.0458 e. The van der Waals surface area contributed by atoms with Gasteiger partial charge in [0.25, 0.3) is 0 Å². The first-order valence-corrected chi connectivity index (χ1v) is 7.83. The van der Waals surface area contributed by atoms with E-state index in [0.29, 0.717) is 6.04 Å². The summed E-state index contributed by atoms with van der Waals surface area (Å²) in [4.78, 5) is 7.60. The minimum absolute atomic E-state index is 0.425. The number of benzene rings is 1. The van der Waals surface area contributed by atoms with Gasteiger partial charge in [0.15, 0.2) is 0 Å². The number of aromatic amines is 1. The lowest BCUT2D eigenvalue weighted by Gasteiger charge is -2.14. The molecule has 3 rings (SSSR count). The number of nitrogens with one attached hydrogen (secondary N) is 2. The standard InChI is InChI=1S/C19H23N3/c1-13(9-16-5-4-8-20-11-16)21-12-17-6-7-19-18(10-17)14(2)15(3)22-19/h4-8,10-11,13,21-22H,9,12H2,1-3H3. The van der Waals surface area contributed by atoms with Crippen molar-refractivity contribution in [3.63, 3.8) is 0 Å². The van der Waals surface area contributed by atoms with Crippen LogP contribution >= 0.6 is 0 Å². The van der Waals surface area contributed by atoms with Gasteiger partial charge in [-0.15, -0.1) is 0 Å². The van der Waals surface area contributed by atoms with Crippen LogP contribution in [0.5, 0.6) is 0 Å². The second kappa shape index (κ2) is 6.32. The minimum atomic E-state index is 0.425. The van der Waals surface area contributed by atoms with Crippen molar-refractivity contribution in [2.45, 2.75) is 39.8 Å². The molecule has 0 aliphatic carbocycles. The molecule has 0 fully saturated rings. The second-order valence-electron chi connectivity index (χ2n) is 6.10. The molecule has 0 bridgehead atoms. The summed E-state index contributed by atoms with van der Waals surface area (Å²) in [5.74, 6) is 0. The van der Waals surface area contributed by atoms with Gasteiger partial charge in [-0.25, -0.2) is 0 Å². The molecule has 0 amide bonds. The number of fused-ring (bicyclic) bond motifs is 1. The predicted molar refractivity (Wildman–Crippen MR) is 92.0 cm³/mol. The molecule has 3 aromatic rings. The molecule has 2 N–H and O–H groups in total. The lowest BCUT2D eigenvalue weighted by Crippen LogP contribution is -2.27. The normalized spacial score (nSPS) is 12.7. The molecule has 0 radical (unpaired) electrons. The Bertz CT molecular complexity index is 759. The van der Waals surface area contributed by atoms with Crippen molar-refractivity contribution >= 4 is 10.9 Å². The van der Waals surface area contributed by atoms with E-state index >= 15 is 0 Å². The molecule has 1 atom stereocenters. The van der Waals surface area contributed by atoms with Crippen molar-refractivity contribution in [1.82, 2.24) is 15.3 Å². The Hall–Kier alpha value is -2.13. The van der Waals surface area contributed by atoms with Crippen LogP contribution in [0.15, 0.2) is 42.7 Å². The van der Waals surface area contributed by atoms with E-state index in [9.17, 15) is 0 Å². The molecule has 0 saturated carbocycles. The van der Waals surface area contributed by atoms with E-state index in [1.54, 1.807) is 0 Å². The molecule has 0 aliphatic heterocycles. The van der Waals surface area contributed by atoms with Gasteiger partial charge in [-0.05, 0) is 62.1 Å². The first kappa shape index (κ1) is 14.8. The van der Waals surface area contributed by atoms with Gasteiger partial charge in [-0.3, -0.25) is 4.98 Å². The Balaban J connectivity index is 1.65. The Morgan fingerprint density at radius 2 is 2.05 bits per heavy atom. The van der Waals surface area contributed by atoms with Crippen molar-refractivity contribution in [2.24, 2.45) is 0 Å². The van der Waals surface area contributed by atoms with Crippen LogP contribution in [-0.2, 0) is 13.0 Å². The summed E-state index contributed by atoms with van der Waals surface area (Å²) in [7, 11) is 0. The Labute approximate surface area is 131 Å². The fraction of sp³-hybridized carbons (Fsp3) is 0.316. The van der Waals surface area contributed by atoms with E-state index in [-0.39, 0.29) is 0 Å². The Morgan fingerprint density at radius 1 is 1.18 bits per heavy atom. The van der Waals surface area contributed by atoms with E-state index in [4.69, 9.17) is 0 Å². The van der Waals surface area contributed by atoms with Crippen LogP contribution in [0.25, 0.3) is 10.9 Å². The summed E-state index contributed by atoms with van der Waals surface area (Å²) in [5, 5.41) is 4.93. The zero-order chi connectivity index (χ0) is 15.5. The van der Waals surface area contributed by atoms with Crippen LogP contribution in [-0.4, -0.2) is 16.0 Å². The molecule has 3 heteroatoms. The van der Waals surface area contributed by atoms with Crippen LogP contribution in [0.3, 0.4) is 0 Å². The van der Waals surface area contributed by atoms with Crippen molar-refractivity contribution in [1.29, 1.82) is 0 Å². The molecule has 1 unspecified atom stereocenters. The van der Waals surface area contributed by atoms with Crippen molar-refractivity contribution in [3.8, 4) is 0 Å². The Morgan fingerprint density at radius 3 is 2.82 bits per heavy atom. The average molecular weight is 293 g/mol. The number of hydrogen-bond acceptors (Lipinski definition) is 2. The van der Waals surface area contributed by atoms with Crippen LogP contribution in [0.2, 0.25) is 0 Å². The fourth-order valence-corrected chi connectivity index (χ4v) is 2.86. The van der Waals surface area contributed by atoms with E-state index in [2.05, 4.69) is 60.3 Å². The Kier molecular flexibility index (Phi) is 4.25. The minimum Gasteiger partial charge on any atom is -0.358 e. The van der Waals surface area contributed by atoms with Gasteiger partial charge in [0.2, 0.25) is 0 Å². The number of pyridine rings is 1. The highest BCUT2D eigenvalue weighted by Crippen LogP contribution is 2.22. The quantitative estimate of drug-likeness (QED) is 0.749. The number of aromatic nitrogens is 2. The van der Waals surface area contributed by atoms with Crippen LogP contribution in [0, 0.1) is 13.8 Å². The van der Waals surface area contributed by atoms with Crippen molar-refractivity contribution < 1.29 is 0 Å². The second-order valence-corrected chi connectivity index (χ2v) is 6.10. The first-order chi connectivity index (χ1) is 10.6. The van der Waals surface area contributed by atoms with Gasteiger partial charge in [0.05, 0.1) is 0 Å². The fourth-order valence-electron chi connectivity index (χ4n) is 2.86. The van der Waals surface area contributed by atoms with Gasteiger partial charge in [-0.1, -0.05) is 12.1 Å². The van der Waals surface area contributed by atoms with Gasteiger partial charge in [0.1, 0.15) is 0 Å². The summed E-state index contributed by atoms with van der Waals surface area (Å²) in [5.41, 5.74) is 6.43. The van der Waals surface area contributed by atoms with Crippen molar-refractivity contribution in [2.75, 3.05) is 0 Å². The summed E-state index contributed by atoms with van der Waals surface area (Å²) < 4.78 is 0.